The molecule has 0 spiro atoms. The summed E-state index contributed by atoms with van der Waals surface area (Å²) in [5, 5.41) is 13.5. The molecule has 1 aromatic carbocycles. The number of carbonyl (C=O) groups excluding carboxylic acids is 1. The molecule has 9 heteroatoms. The third-order valence-corrected chi connectivity index (χ3v) is 3.85. The lowest BCUT2D eigenvalue weighted by Gasteiger charge is -2.09. The third-order valence-electron chi connectivity index (χ3n) is 3.85. The van der Waals surface area contributed by atoms with Gasteiger partial charge in [-0.05, 0) is 24.3 Å². The first kappa shape index (κ1) is 17.5. The zero-order valence-corrected chi connectivity index (χ0v) is 14.1. The molecular weight excluding hydrogens is 338 g/mol. The summed E-state index contributed by atoms with van der Waals surface area (Å²) < 4.78 is 7.02. The smallest absolute Gasteiger partial charge is 0.269 e. The monoisotopic (exact) mass is 355 g/mol. The molecule has 3 rings (SSSR count). The number of aromatic nitrogens is 3. The summed E-state index contributed by atoms with van der Waals surface area (Å²) in [6.07, 6.45) is 1.69. The molecule has 1 N–H and O–H groups in total. The molecule has 2 aromatic heterocycles. The molecule has 3 aromatic rings. The van der Waals surface area contributed by atoms with Gasteiger partial charge in [-0.2, -0.15) is 0 Å². The van der Waals surface area contributed by atoms with Crippen LogP contribution >= 0.6 is 0 Å². The van der Waals surface area contributed by atoms with Crippen molar-refractivity contribution < 1.29 is 14.5 Å². The molecule has 0 radical (unpaired) electrons. The number of nitrogens with zero attached hydrogens (tertiary/aromatic N) is 4. The van der Waals surface area contributed by atoms with Crippen molar-refractivity contribution in [2.24, 2.45) is 0 Å². The van der Waals surface area contributed by atoms with Crippen LogP contribution in [-0.2, 0) is 17.8 Å². The Morgan fingerprint density at radius 3 is 2.77 bits per heavy atom. The van der Waals surface area contributed by atoms with Crippen LogP contribution in [0.5, 0.6) is 0 Å². The van der Waals surface area contributed by atoms with E-state index in [1.165, 1.54) is 24.3 Å². The first-order valence-electron chi connectivity index (χ1n) is 7.92. The zero-order chi connectivity index (χ0) is 18.5. The summed E-state index contributed by atoms with van der Waals surface area (Å²) in [4.78, 5) is 31.3. The van der Waals surface area contributed by atoms with Gasteiger partial charge in [-0.1, -0.05) is 0 Å². The second kappa shape index (κ2) is 7.70. The molecule has 0 unspecified atom stereocenters. The number of imidazole rings is 1. The van der Waals surface area contributed by atoms with Gasteiger partial charge in [0.05, 0.1) is 18.1 Å². The summed E-state index contributed by atoms with van der Waals surface area (Å²) in [7, 11) is 1.61. The lowest BCUT2D eigenvalue weighted by Crippen LogP contribution is -2.25. The predicted molar refractivity (Wildman–Crippen MR) is 93.7 cm³/mol. The molecule has 0 aliphatic carbocycles. The number of nitro groups is 1. The molecule has 9 nitrogen and oxygen atoms in total. The van der Waals surface area contributed by atoms with Crippen molar-refractivity contribution in [3.63, 3.8) is 0 Å². The zero-order valence-electron chi connectivity index (χ0n) is 14.1. The number of hydrogen-bond acceptors (Lipinski definition) is 6. The molecule has 134 valence electrons. The van der Waals surface area contributed by atoms with Crippen LogP contribution in [-0.4, -0.2) is 39.1 Å². The van der Waals surface area contributed by atoms with Crippen molar-refractivity contribution >= 4 is 22.8 Å². The van der Waals surface area contributed by atoms with Gasteiger partial charge in [0.15, 0.2) is 5.65 Å². The van der Waals surface area contributed by atoms with Gasteiger partial charge in [0.1, 0.15) is 11.3 Å². The number of ether oxygens (including phenoxy) is 1. The number of non-ortho nitro benzene ring substituents is 1. The number of hydrogen-bond donors (Lipinski definition) is 1. The number of amides is 1. The molecule has 2 heterocycles. The van der Waals surface area contributed by atoms with Crippen LogP contribution < -0.4 is 5.32 Å². The van der Waals surface area contributed by atoms with Crippen LogP contribution in [0, 0.1) is 10.1 Å². The molecule has 0 saturated carbocycles. The van der Waals surface area contributed by atoms with E-state index in [0.29, 0.717) is 24.5 Å². The van der Waals surface area contributed by atoms with E-state index in [4.69, 9.17) is 4.74 Å². The number of fused-ring (bicyclic) bond motifs is 1. The standard InChI is InChI=1S/C17H17N5O4/c1-26-10-9-21-15(20-14-3-2-8-18-16(14)21)11-19-17(23)12-4-6-13(7-5-12)22(24)25/h2-8H,9-11H2,1H3,(H,19,23). The molecule has 0 atom stereocenters. The molecule has 0 fully saturated rings. The summed E-state index contributed by atoms with van der Waals surface area (Å²) in [6.45, 7) is 1.26. The van der Waals surface area contributed by atoms with Gasteiger partial charge in [0, 0.05) is 37.5 Å². The number of carbonyl (C=O) groups is 1. The first-order chi connectivity index (χ1) is 12.6. The second-order valence-electron chi connectivity index (χ2n) is 5.51. The topological polar surface area (TPSA) is 112 Å². The van der Waals surface area contributed by atoms with E-state index in [1.807, 2.05) is 10.6 Å². The molecule has 26 heavy (non-hydrogen) atoms. The molecular formula is C17H17N5O4. The highest BCUT2D eigenvalue weighted by Crippen LogP contribution is 2.14. The van der Waals surface area contributed by atoms with Gasteiger partial charge in [0.2, 0.25) is 0 Å². The average Bonchev–Trinajstić information content (AvgIpc) is 3.02. The van der Waals surface area contributed by atoms with Crippen molar-refractivity contribution in [3.8, 4) is 0 Å². The lowest BCUT2D eigenvalue weighted by atomic mass is 10.2. The minimum Gasteiger partial charge on any atom is -0.383 e. The van der Waals surface area contributed by atoms with E-state index in [9.17, 15) is 14.9 Å². The number of nitro benzene ring substituents is 1. The maximum Gasteiger partial charge on any atom is 0.269 e. The maximum absolute atomic E-state index is 12.3. The number of rotatable bonds is 7. The normalized spacial score (nSPS) is 10.8. The summed E-state index contributed by atoms with van der Waals surface area (Å²) in [5.41, 5.74) is 1.74. The van der Waals surface area contributed by atoms with Crippen LogP contribution in [0.2, 0.25) is 0 Å². The highest BCUT2D eigenvalue weighted by molar-refractivity contribution is 5.94. The Kier molecular flexibility index (Phi) is 5.18. The third kappa shape index (κ3) is 3.67. The van der Waals surface area contributed by atoms with Gasteiger partial charge < -0.3 is 14.6 Å². The Morgan fingerprint density at radius 2 is 2.08 bits per heavy atom. The second-order valence-corrected chi connectivity index (χ2v) is 5.51. The Labute approximate surface area is 148 Å². The molecule has 0 saturated heterocycles. The van der Waals surface area contributed by atoms with Gasteiger partial charge >= 0.3 is 0 Å². The van der Waals surface area contributed by atoms with Gasteiger partial charge in [-0.15, -0.1) is 0 Å². The van der Waals surface area contributed by atoms with Crippen LogP contribution in [0.1, 0.15) is 16.2 Å². The first-order valence-corrected chi connectivity index (χ1v) is 7.92. The van der Waals surface area contributed by atoms with Crippen molar-refractivity contribution in [2.45, 2.75) is 13.1 Å². The van der Waals surface area contributed by atoms with Crippen LogP contribution in [0.4, 0.5) is 5.69 Å². The molecule has 0 aliphatic heterocycles. The Bertz CT molecular complexity index is 936. The molecule has 0 aliphatic rings. The van der Waals surface area contributed by atoms with Crippen LogP contribution in [0.15, 0.2) is 42.6 Å². The van der Waals surface area contributed by atoms with Crippen LogP contribution in [0.3, 0.4) is 0 Å². The Hall–Kier alpha value is -3.33. The van der Waals surface area contributed by atoms with Crippen molar-refractivity contribution in [1.29, 1.82) is 0 Å². The molecule has 1 amide bonds. The molecule has 0 bridgehead atoms. The number of benzene rings is 1. The van der Waals surface area contributed by atoms with Gasteiger partial charge in [0.25, 0.3) is 11.6 Å². The minimum absolute atomic E-state index is 0.0611. The summed E-state index contributed by atoms with van der Waals surface area (Å²) in [5.74, 6) is 0.323. The fraction of sp³-hybridized carbons (Fsp3) is 0.235. The van der Waals surface area contributed by atoms with Crippen molar-refractivity contribution in [3.05, 3.63) is 64.1 Å². The Morgan fingerprint density at radius 1 is 1.31 bits per heavy atom. The van der Waals surface area contributed by atoms with Crippen LogP contribution in [0.25, 0.3) is 11.2 Å². The van der Waals surface area contributed by atoms with E-state index < -0.39 is 4.92 Å². The number of pyridine rings is 1. The SMILES string of the molecule is COCCn1c(CNC(=O)c2ccc([N+](=O)[O-])cc2)nc2cccnc21. The fourth-order valence-corrected chi connectivity index (χ4v) is 2.55. The van der Waals surface area contributed by atoms with Gasteiger partial charge in [-0.3, -0.25) is 14.9 Å². The highest BCUT2D eigenvalue weighted by Gasteiger charge is 2.14. The maximum atomic E-state index is 12.3. The van der Waals surface area contributed by atoms with E-state index in [-0.39, 0.29) is 18.1 Å². The number of nitrogens with one attached hydrogen (secondary N) is 1. The fourth-order valence-electron chi connectivity index (χ4n) is 2.55. The van der Waals surface area contributed by atoms with E-state index in [1.54, 1.807) is 19.4 Å². The van der Waals surface area contributed by atoms with Crippen molar-refractivity contribution in [1.82, 2.24) is 19.9 Å². The largest absolute Gasteiger partial charge is 0.383 e. The average molecular weight is 355 g/mol. The van der Waals surface area contributed by atoms with E-state index in [0.717, 1.165) is 11.2 Å². The lowest BCUT2D eigenvalue weighted by molar-refractivity contribution is -0.384. The predicted octanol–water partition coefficient (Wildman–Crippen LogP) is 1.92. The summed E-state index contributed by atoms with van der Waals surface area (Å²) in [6, 6.07) is 9.09. The minimum atomic E-state index is -0.507. The summed E-state index contributed by atoms with van der Waals surface area (Å²) >= 11 is 0. The van der Waals surface area contributed by atoms with Crippen molar-refractivity contribution in [2.75, 3.05) is 13.7 Å². The van der Waals surface area contributed by atoms with E-state index >= 15 is 0 Å². The quantitative estimate of drug-likeness (QED) is 0.512. The van der Waals surface area contributed by atoms with Gasteiger partial charge in [-0.25, -0.2) is 9.97 Å². The highest BCUT2D eigenvalue weighted by atomic mass is 16.6. The Balaban J connectivity index is 1.76. The van der Waals surface area contributed by atoms with E-state index in [2.05, 4.69) is 15.3 Å². The number of methoxy groups -OCH3 is 1.